The second-order valence-corrected chi connectivity index (χ2v) is 5.91. The third-order valence-electron chi connectivity index (χ3n) is 4.15. The van der Waals surface area contributed by atoms with Crippen LogP contribution in [0, 0.1) is 0 Å². The molecule has 1 atom stereocenters. The second-order valence-electron chi connectivity index (χ2n) is 5.91. The summed E-state index contributed by atoms with van der Waals surface area (Å²) >= 11 is 0. The van der Waals surface area contributed by atoms with Crippen LogP contribution in [0.5, 0.6) is 0 Å². The van der Waals surface area contributed by atoms with Crippen molar-refractivity contribution in [3.05, 3.63) is 30.1 Å². The minimum Gasteiger partial charge on any atom is -0.331 e. The minimum absolute atomic E-state index is 0.671. The fourth-order valence-corrected chi connectivity index (χ4v) is 2.97. The van der Waals surface area contributed by atoms with Gasteiger partial charge in [-0.05, 0) is 44.4 Å². The summed E-state index contributed by atoms with van der Waals surface area (Å²) in [6.07, 6.45) is 7.27. The maximum absolute atomic E-state index is 4.76. The van der Waals surface area contributed by atoms with Gasteiger partial charge in [-0.15, -0.1) is 0 Å². The first-order valence-electron chi connectivity index (χ1n) is 8.40. The number of aryl methyl sites for hydroxylation is 2. The first kappa shape index (κ1) is 16.0. The summed E-state index contributed by atoms with van der Waals surface area (Å²) in [6.45, 7) is 5.64. The summed E-state index contributed by atoms with van der Waals surface area (Å²) in [5.74, 6) is 1.21. The molecular weight excluding hydrogens is 258 g/mol. The SMILES string of the molecule is CCCNC(CCC)CCCc1nc2ccccc2n1C. The van der Waals surface area contributed by atoms with Crippen LogP contribution < -0.4 is 5.32 Å². The molecule has 0 radical (unpaired) electrons. The normalized spacial score (nSPS) is 12.9. The van der Waals surface area contributed by atoms with Crippen LogP contribution in [-0.4, -0.2) is 22.1 Å². The van der Waals surface area contributed by atoms with Gasteiger partial charge in [0.15, 0.2) is 0 Å². The maximum atomic E-state index is 4.76. The Hall–Kier alpha value is -1.35. The highest BCUT2D eigenvalue weighted by molar-refractivity contribution is 5.75. The van der Waals surface area contributed by atoms with Gasteiger partial charge in [0.1, 0.15) is 5.82 Å². The number of benzene rings is 1. The molecule has 2 aromatic rings. The second kappa shape index (κ2) is 8.18. The fourth-order valence-electron chi connectivity index (χ4n) is 2.97. The van der Waals surface area contributed by atoms with Crippen molar-refractivity contribution < 1.29 is 0 Å². The van der Waals surface area contributed by atoms with Gasteiger partial charge in [-0.2, -0.15) is 0 Å². The molecule has 116 valence electrons. The summed E-state index contributed by atoms with van der Waals surface area (Å²) in [5.41, 5.74) is 2.35. The van der Waals surface area contributed by atoms with Crippen molar-refractivity contribution in [1.29, 1.82) is 0 Å². The molecule has 3 heteroatoms. The Balaban J connectivity index is 1.90. The Labute approximate surface area is 128 Å². The molecule has 3 nitrogen and oxygen atoms in total. The molecule has 0 aliphatic heterocycles. The molecule has 0 bridgehead atoms. The van der Waals surface area contributed by atoms with Crippen molar-refractivity contribution in [2.24, 2.45) is 7.05 Å². The van der Waals surface area contributed by atoms with Crippen LogP contribution in [0.3, 0.4) is 0 Å². The van der Waals surface area contributed by atoms with E-state index >= 15 is 0 Å². The molecule has 0 spiro atoms. The first-order valence-corrected chi connectivity index (χ1v) is 8.40. The molecular formula is C18H29N3. The van der Waals surface area contributed by atoms with Gasteiger partial charge in [0, 0.05) is 19.5 Å². The molecule has 1 heterocycles. The summed E-state index contributed by atoms with van der Waals surface area (Å²) in [6, 6.07) is 9.06. The highest BCUT2D eigenvalue weighted by Gasteiger charge is 2.09. The highest BCUT2D eigenvalue weighted by Crippen LogP contribution is 2.16. The van der Waals surface area contributed by atoms with E-state index in [0.717, 1.165) is 18.5 Å². The van der Waals surface area contributed by atoms with Crippen molar-refractivity contribution in [3.8, 4) is 0 Å². The third-order valence-corrected chi connectivity index (χ3v) is 4.15. The zero-order valence-corrected chi connectivity index (χ0v) is 13.7. The van der Waals surface area contributed by atoms with Gasteiger partial charge in [-0.1, -0.05) is 32.4 Å². The molecule has 0 aliphatic carbocycles. The van der Waals surface area contributed by atoms with Crippen LogP contribution in [-0.2, 0) is 13.5 Å². The number of fused-ring (bicyclic) bond motifs is 1. The average Bonchev–Trinajstić information content (AvgIpc) is 2.82. The monoisotopic (exact) mass is 287 g/mol. The van der Waals surface area contributed by atoms with Gasteiger partial charge >= 0.3 is 0 Å². The average molecular weight is 287 g/mol. The number of nitrogens with zero attached hydrogens (tertiary/aromatic N) is 2. The summed E-state index contributed by atoms with van der Waals surface area (Å²) in [4.78, 5) is 4.76. The highest BCUT2D eigenvalue weighted by atomic mass is 15.1. The van der Waals surface area contributed by atoms with Crippen molar-refractivity contribution >= 4 is 11.0 Å². The van der Waals surface area contributed by atoms with Crippen molar-refractivity contribution in [3.63, 3.8) is 0 Å². The van der Waals surface area contributed by atoms with E-state index in [9.17, 15) is 0 Å². The lowest BCUT2D eigenvalue weighted by atomic mass is 10.0. The van der Waals surface area contributed by atoms with E-state index in [1.54, 1.807) is 0 Å². The van der Waals surface area contributed by atoms with E-state index in [1.165, 1.54) is 43.4 Å². The standard InChI is InChI=1S/C18H29N3/c1-4-9-15(19-14-5-2)10-8-13-18-20-16-11-6-7-12-17(16)21(18)3/h6-7,11-12,15,19H,4-5,8-10,13-14H2,1-3H3. The molecule has 1 unspecified atom stereocenters. The topological polar surface area (TPSA) is 29.9 Å². The Morgan fingerprint density at radius 3 is 2.67 bits per heavy atom. The number of aromatic nitrogens is 2. The predicted molar refractivity (Wildman–Crippen MR) is 90.6 cm³/mol. The smallest absolute Gasteiger partial charge is 0.109 e. The predicted octanol–water partition coefficient (Wildman–Crippen LogP) is 4.06. The van der Waals surface area contributed by atoms with E-state index in [1.807, 2.05) is 0 Å². The zero-order valence-electron chi connectivity index (χ0n) is 13.7. The number of imidazole rings is 1. The lowest BCUT2D eigenvalue weighted by Crippen LogP contribution is -2.29. The molecule has 2 rings (SSSR count). The van der Waals surface area contributed by atoms with Gasteiger partial charge in [0.2, 0.25) is 0 Å². The summed E-state index contributed by atoms with van der Waals surface area (Å²) in [7, 11) is 2.13. The molecule has 1 aromatic carbocycles. The Morgan fingerprint density at radius 2 is 1.95 bits per heavy atom. The van der Waals surface area contributed by atoms with Crippen LogP contribution in [0.15, 0.2) is 24.3 Å². The number of para-hydroxylation sites is 2. The van der Waals surface area contributed by atoms with E-state index in [2.05, 4.69) is 55.0 Å². The number of hydrogen-bond donors (Lipinski definition) is 1. The van der Waals surface area contributed by atoms with Gasteiger partial charge in [-0.25, -0.2) is 4.98 Å². The third kappa shape index (κ3) is 4.31. The van der Waals surface area contributed by atoms with E-state index < -0.39 is 0 Å². The summed E-state index contributed by atoms with van der Waals surface area (Å²) in [5, 5.41) is 3.67. The molecule has 1 N–H and O–H groups in total. The van der Waals surface area contributed by atoms with Crippen LogP contribution in [0.2, 0.25) is 0 Å². The minimum atomic E-state index is 0.671. The lowest BCUT2D eigenvalue weighted by Gasteiger charge is -2.17. The zero-order chi connectivity index (χ0) is 15.1. The van der Waals surface area contributed by atoms with E-state index in [4.69, 9.17) is 4.98 Å². The Morgan fingerprint density at radius 1 is 1.14 bits per heavy atom. The Bertz CT molecular complexity index is 544. The molecule has 0 fully saturated rings. The summed E-state index contributed by atoms with van der Waals surface area (Å²) < 4.78 is 2.24. The quantitative estimate of drug-likeness (QED) is 0.753. The van der Waals surface area contributed by atoms with Gasteiger partial charge < -0.3 is 9.88 Å². The molecule has 21 heavy (non-hydrogen) atoms. The lowest BCUT2D eigenvalue weighted by molar-refractivity contribution is 0.435. The molecule has 0 amide bonds. The number of hydrogen-bond acceptors (Lipinski definition) is 2. The van der Waals surface area contributed by atoms with Gasteiger partial charge in [0.25, 0.3) is 0 Å². The molecule has 1 aromatic heterocycles. The maximum Gasteiger partial charge on any atom is 0.109 e. The van der Waals surface area contributed by atoms with Crippen LogP contribution in [0.4, 0.5) is 0 Å². The van der Waals surface area contributed by atoms with Crippen molar-refractivity contribution in [1.82, 2.24) is 14.9 Å². The number of nitrogens with one attached hydrogen (secondary N) is 1. The molecule has 0 saturated heterocycles. The molecule has 0 aliphatic rings. The first-order chi connectivity index (χ1) is 10.3. The van der Waals surface area contributed by atoms with E-state index in [-0.39, 0.29) is 0 Å². The van der Waals surface area contributed by atoms with Gasteiger partial charge in [0.05, 0.1) is 11.0 Å². The van der Waals surface area contributed by atoms with Crippen LogP contribution >= 0.6 is 0 Å². The van der Waals surface area contributed by atoms with Crippen molar-refractivity contribution in [2.75, 3.05) is 6.54 Å². The van der Waals surface area contributed by atoms with Crippen LogP contribution in [0.25, 0.3) is 11.0 Å². The molecule has 0 saturated carbocycles. The van der Waals surface area contributed by atoms with Crippen LogP contribution in [0.1, 0.15) is 51.8 Å². The van der Waals surface area contributed by atoms with Crippen molar-refractivity contribution in [2.45, 2.75) is 58.4 Å². The Kier molecular flexibility index (Phi) is 6.24. The largest absolute Gasteiger partial charge is 0.331 e. The fraction of sp³-hybridized carbons (Fsp3) is 0.611. The van der Waals surface area contributed by atoms with Gasteiger partial charge in [-0.3, -0.25) is 0 Å². The van der Waals surface area contributed by atoms with E-state index in [0.29, 0.717) is 6.04 Å². The number of rotatable bonds is 9.